The van der Waals surface area contributed by atoms with Crippen molar-refractivity contribution in [1.82, 2.24) is 14.7 Å². The van der Waals surface area contributed by atoms with E-state index in [1.54, 1.807) is 6.07 Å². The van der Waals surface area contributed by atoms with Gasteiger partial charge in [0.05, 0.1) is 4.90 Å². The molecule has 2 aromatic heterocycles. The fourth-order valence-electron chi connectivity index (χ4n) is 2.12. The fourth-order valence-corrected chi connectivity index (χ4v) is 4.70. The summed E-state index contributed by atoms with van der Waals surface area (Å²) < 4.78 is 27.0. The van der Waals surface area contributed by atoms with Gasteiger partial charge in [0.25, 0.3) is 0 Å². The Labute approximate surface area is 135 Å². The van der Waals surface area contributed by atoms with Crippen LogP contribution >= 0.6 is 11.3 Å². The van der Waals surface area contributed by atoms with E-state index in [2.05, 4.69) is 20.0 Å². The molecule has 2 rings (SSSR count). The molecule has 0 bridgehead atoms. The third-order valence-corrected chi connectivity index (χ3v) is 5.65. The zero-order valence-electron chi connectivity index (χ0n) is 13.1. The average molecular weight is 340 g/mol. The highest BCUT2D eigenvalue weighted by atomic mass is 32.2. The van der Waals surface area contributed by atoms with E-state index < -0.39 is 10.0 Å². The van der Waals surface area contributed by atoms with Gasteiger partial charge < -0.3 is 5.32 Å². The Balaban J connectivity index is 1.92. The van der Waals surface area contributed by atoms with E-state index in [1.165, 1.54) is 11.3 Å². The summed E-state index contributed by atoms with van der Waals surface area (Å²) in [7, 11) is -3.46. The van der Waals surface area contributed by atoms with Crippen LogP contribution in [-0.4, -0.2) is 31.5 Å². The molecule has 22 heavy (non-hydrogen) atoms. The van der Waals surface area contributed by atoms with Crippen molar-refractivity contribution in [3.05, 3.63) is 33.3 Å². The lowest BCUT2D eigenvalue weighted by Gasteiger charge is -2.08. The smallest absolute Gasteiger partial charge is 0.241 e. The maximum Gasteiger partial charge on any atom is 0.241 e. The summed E-state index contributed by atoms with van der Waals surface area (Å²) >= 11 is 1.48. The Morgan fingerprint density at radius 2 is 1.68 bits per heavy atom. The van der Waals surface area contributed by atoms with Crippen LogP contribution < -0.4 is 10.0 Å². The number of rotatable bonds is 6. The van der Waals surface area contributed by atoms with Gasteiger partial charge >= 0.3 is 0 Å². The number of aryl methyl sites for hydroxylation is 4. The SMILES string of the molecule is Cc1cc(C)nc(NCCNS(=O)(=O)c2cc(C)sc2C)n1. The average Bonchev–Trinajstić information content (AvgIpc) is 2.73. The highest BCUT2D eigenvalue weighted by Crippen LogP contribution is 2.24. The van der Waals surface area contributed by atoms with Crippen LogP contribution in [0.1, 0.15) is 21.1 Å². The Kier molecular flexibility index (Phi) is 5.15. The molecule has 0 aromatic carbocycles. The molecular formula is C14H20N4O2S2. The van der Waals surface area contributed by atoms with Gasteiger partial charge in [-0.2, -0.15) is 0 Å². The molecule has 120 valence electrons. The Bertz CT molecular complexity index is 749. The maximum absolute atomic E-state index is 12.2. The molecule has 0 aliphatic heterocycles. The van der Waals surface area contributed by atoms with Gasteiger partial charge in [0.2, 0.25) is 16.0 Å². The van der Waals surface area contributed by atoms with Gasteiger partial charge in [-0.3, -0.25) is 0 Å². The second-order valence-corrected chi connectivity index (χ2v) is 8.27. The number of nitrogens with zero attached hydrogens (tertiary/aromatic N) is 2. The zero-order valence-corrected chi connectivity index (χ0v) is 14.7. The van der Waals surface area contributed by atoms with Gasteiger partial charge in [-0.25, -0.2) is 23.1 Å². The van der Waals surface area contributed by atoms with Crippen LogP contribution in [0.4, 0.5) is 5.95 Å². The van der Waals surface area contributed by atoms with Crippen molar-refractivity contribution in [2.24, 2.45) is 0 Å². The molecule has 0 radical (unpaired) electrons. The van der Waals surface area contributed by atoms with E-state index in [9.17, 15) is 8.42 Å². The van der Waals surface area contributed by atoms with Crippen molar-refractivity contribution in [2.45, 2.75) is 32.6 Å². The Morgan fingerprint density at radius 1 is 1.05 bits per heavy atom. The van der Waals surface area contributed by atoms with E-state index in [4.69, 9.17) is 0 Å². The van der Waals surface area contributed by atoms with E-state index in [1.807, 2.05) is 33.8 Å². The predicted octanol–water partition coefficient (Wildman–Crippen LogP) is 2.16. The van der Waals surface area contributed by atoms with Crippen molar-refractivity contribution in [2.75, 3.05) is 18.4 Å². The molecule has 6 nitrogen and oxygen atoms in total. The van der Waals surface area contributed by atoms with Crippen molar-refractivity contribution in [1.29, 1.82) is 0 Å². The summed E-state index contributed by atoms with van der Waals surface area (Å²) in [5.41, 5.74) is 1.75. The van der Waals surface area contributed by atoms with Crippen LogP contribution in [0.2, 0.25) is 0 Å². The minimum Gasteiger partial charge on any atom is -0.353 e. The second-order valence-electron chi connectivity index (χ2n) is 5.08. The molecule has 0 fully saturated rings. The first-order chi connectivity index (χ1) is 10.3. The van der Waals surface area contributed by atoms with Gasteiger partial charge in [0, 0.05) is 34.2 Å². The van der Waals surface area contributed by atoms with E-state index >= 15 is 0 Å². The topological polar surface area (TPSA) is 84.0 Å². The van der Waals surface area contributed by atoms with Gasteiger partial charge in [-0.05, 0) is 39.8 Å². The number of sulfonamides is 1. The van der Waals surface area contributed by atoms with Crippen LogP contribution in [0.5, 0.6) is 0 Å². The highest BCUT2D eigenvalue weighted by molar-refractivity contribution is 7.89. The summed E-state index contributed by atoms with van der Waals surface area (Å²) in [6, 6.07) is 3.58. The first kappa shape index (κ1) is 16.9. The maximum atomic E-state index is 12.2. The molecule has 0 saturated heterocycles. The molecule has 0 spiro atoms. The number of anilines is 1. The first-order valence-electron chi connectivity index (χ1n) is 6.91. The normalized spacial score (nSPS) is 11.6. The van der Waals surface area contributed by atoms with Crippen molar-refractivity contribution in [3.8, 4) is 0 Å². The molecular weight excluding hydrogens is 320 g/mol. The van der Waals surface area contributed by atoms with Crippen LogP contribution in [0.25, 0.3) is 0 Å². The molecule has 0 atom stereocenters. The summed E-state index contributed by atoms with van der Waals surface area (Å²) in [5, 5.41) is 3.02. The molecule has 2 heterocycles. The largest absolute Gasteiger partial charge is 0.353 e. The first-order valence-corrected chi connectivity index (χ1v) is 9.21. The van der Waals surface area contributed by atoms with E-state index in [0.29, 0.717) is 17.4 Å². The lowest BCUT2D eigenvalue weighted by molar-refractivity contribution is 0.582. The van der Waals surface area contributed by atoms with E-state index in [-0.39, 0.29) is 6.54 Å². The van der Waals surface area contributed by atoms with Crippen molar-refractivity contribution >= 4 is 27.3 Å². The second kappa shape index (κ2) is 6.72. The lowest BCUT2D eigenvalue weighted by Crippen LogP contribution is -2.29. The molecule has 0 aliphatic rings. The van der Waals surface area contributed by atoms with Gasteiger partial charge in [0.1, 0.15) is 0 Å². The van der Waals surface area contributed by atoms with Crippen molar-refractivity contribution in [3.63, 3.8) is 0 Å². The molecule has 0 saturated carbocycles. The molecule has 8 heteroatoms. The molecule has 0 aliphatic carbocycles. The highest BCUT2D eigenvalue weighted by Gasteiger charge is 2.18. The van der Waals surface area contributed by atoms with Gasteiger partial charge in [-0.1, -0.05) is 0 Å². The van der Waals surface area contributed by atoms with Crippen LogP contribution in [0.3, 0.4) is 0 Å². The standard InChI is InChI=1S/C14H20N4O2S2/c1-9-7-10(2)18-14(17-9)15-5-6-16-22(19,20)13-8-11(3)21-12(13)4/h7-8,16H,5-6H2,1-4H3,(H,15,17,18). The van der Waals surface area contributed by atoms with Gasteiger partial charge in [0.15, 0.2) is 0 Å². The summed E-state index contributed by atoms with van der Waals surface area (Å²) in [5.74, 6) is 0.513. The van der Waals surface area contributed by atoms with Crippen molar-refractivity contribution < 1.29 is 8.42 Å². The number of hydrogen-bond donors (Lipinski definition) is 2. The zero-order chi connectivity index (χ0) is 16.3. The number of nitrogens with one attached hydrogen (secondary N) is 2. The molecule has 0 unspecified atom stereocenters. The number of hydrogen-bond acceptors (Lipinski definition) is 6. The Morgan fingerprint density at radius 3 is 2.23 bits per heavy atom. The summed E-state index contributed by atoms with van der Waals surface area (Å²) in [4.78, 5) is 10.6. The van der Waals surface area contributed by atoms with Crippen LogP contribution in [0.15, 0.2) is 17.0 Å². The minimum atomic E-state index is -3.46. The van der Waals surface area contributed by atoms with Crippen LogP contribution in [-0.2, 0) is 10.0 Å². The van der Waals surface area contributed by atoms with Crippen LogP contribution in [0, 0.1) is 27.7 Å². The quantitative estimate of drug-likeness (QED) is 0.787. The third-order valence-electron chi connectivity index (χ3n) is 2.97. The number of thiophene rings is 1. The van der Waals surface area contributed by atoms with E-state index in [0.717, 1.165) is 21.1 Å². The third kappa shape index (κ3) is 4.25. The molecule has 2 aromatic rings. The summed E-state index contributed by atoms with van der Waals surface area (Å²) in [6.07, 6.45) is 0. The molecule has 2 N–H and O–H groups in total. The predicted molar refractivity (Wildman–Crippen MR) is 89.0 cm³/mol. The Hall–Kier alpha value is -1.51. The van der Waals surface area contributed by atoms with Gasteiger partial charge in [-0.15, -0.1) is 11.3 Å². The molecule has 0 amide bonds. The lowest BCUT2D eigenvalue weighted by atomic mass is 10.4. The minimum absolute atomic E-state index is 0.271. The number of aromatic nitrogens is 2. The summed E-state index contributed by atoms with van der Waals surface area (Å²) in [6.45, 7) is 8.19. The monoisotopic (exact) mass is 340 g/mol. The fraction of sp³-hybridized carbons (Fsp3) is 0.429.